The van der Waals surface area contributed by atoms with Crippen LogP contribution in [0.1, 0.15) is 25.0 Å². The molecule has 184 valence electrons. The maximum absolute atomic E-state index is 9.58. The summed E-state index contributed by atoms with van der Waals surface area (Å²) in [7, 11) is -2.93. The second-order valence-corrected chi connectivity index (χ2v) is 11.5. The van der Waals surface area contributed by atoms with Crippen molar-refractivity contribution in [1.82, 2.24) is 0 Å². The van der Waals surface area contributed by atoms with Crippen molar-refractivity contribution in [3.8, 4) is 17.2 Å². The highest BCUT2D eigenvalue weighted by Gasteiger charge is 2.44. The van der Waals surface area contributed by atoms with E-state index in [2.05, 4.69) is 13.8 Å². The lowest BCUT2D eigenvalue weighted by molar-refractivity contribution is -0.0672. The molecule has 1 N–H and O–H groups in total. The molecule has 2 aliphatic rings. The van der Waals surface area contributed by atoms with Gasteiger partial charge in [0.15, 0.2) is 0 Å². The summed E-state index contributed by atoms with van der Waals surface area (Å²) in [5.41, 5.74) is 1.68. The maximum Gasteiger partial charge on any atom is 0.397 e. The fraction of sp³-hybridized carbons (Fsp3) is 0.308. The number of aromatic hydroxyl groups is 1. The van der Waals surface area contributed by atoms with Crippen LogP contribution in [0.25, 0.3) is 0 Å². The van der Waals surface area contributed by atoms with Crippen LogP contribution < -0.4 is 9.05 Å². The van der Waals surface area contributed by atoms with Gasteiger partial charge in [-0.05, 0) is 47.5 Å². The van der Waals surface area contributed by atoms with Crippen LogP contribution in [0.15, 0.2) is 78.9 Å². The molecule has 0 amide bonds. The van der Waals surface area contributed by atoms with E-state index in [1.54, 1.807) is 12.1 Å². The smallest absolute Gasteiger partial charge is 0.397 e. The van der Waals surface area contributed by atoms with E-state index in [4.69, 9.17) is 27.1 Å². The van der Waals surface area contributed by atoms with Crippen LogP contribution in [0, 0.1) is 5.41 Å². The van der Waals surface area contributed by atoms with Crippen LogP contribution in [0.4, 0.5) is 0 Å². The molecule has 0 unspecified atom stereocenters. The van der Waals surface area contributed by atoms with Crippen molar-refractivity contribution >= 4 is 17.2 Å². The highest BCUT2D eigenvalue weighted by atomic mass is 31.2. The molecule has 1 spiro atoms. The van der Waals surface area contributed by atoms with Gasteiger partial charge in [-0.25, -0.2) is 0 Å². The first kappa shape index (κ1) is 24.5. The molecule has 3 aromatic rings. The summed E-state index contributed by atoms with van der Waals surface area (Å²) in [5, 5.41) is 9.58. The van der Waals surface area contributed by atoms with Gasteiger partial charge >= 0.3 is 17.2 Å². The van der Waals surface area contributed by atoms with E-state index in [0.717, 1.165) is 16.9 Å². The number of benzene rings is 3. The van der Waals surface area contributed by atoms with Crippen LogP contribution in [0.5, 0.6) is 17.2 Å². The molecule has 9 heteroatoms. The predicted molar refractivity (Wildman–Crippen MR) is 134 cm³/mol. The van der Waals surface area contributed by atoms with Gasteiger partial charge in [0.25, 0.3) is 0 Å². The average Bonchev–Trinajstić information content (AvgIpc) is 2.88. The molecule has 2 saturated heterocycles. The zero-order chi connectivity index (χ0) is 24.3. The molecule has 7 nitrogen and oxygen atoms in total. The minimum Gasteiger partial charge on any atom is -0.508 e. The molecule has 0 radical (unpaired) electrons. The summed E-state index contributed by atoms with van der Waals surface area (Å²) in [6.07, 6.45) is 0. The molecular weight excluding hydrogens is 486 g/mol. The molecule has 0 saturated carbocycles. The lowest BCUT2D eigenvalue weighted by Gasteiger charge is -2.41. The Bertz CT molecular complexity index is 1090. The molecule has 2 heterocycles. The van der Waals surface area contributed by atoms with Crippen LogP contribution in [0.2, 0.25) is 0 Å². The Morgan fingerprint density at radius 3 is 1.57 bits per heavy atom. The highest BCUT2D eigenvalue weighted by molar-refractivity contribution is 7.42. The van der Waals surface area contributed by atoms with E-state index in [-0.39, 0.29) is 16.6 Å². The molecule has 3 aromatic carbocycles. The summed E-state index contributed by atoms with van der Waals surface area (Å²) in [5.74, 6) is 1.67. The molecule has 0 aromatic heterocycles. The number of phenolic OH excluding ortho intramolecular Hbond substituents is 1. The Morgan fingerprint density at radius 1 is 0.657 bits per heavy atom. The maximum atomic E-state index is 9.58. The van der Waals surface area contributed by atoms with Crippen molar-refractivity contribution in [1.29, 1.82) is 0 Å². The van der Waals surface area contributed by atoms with Gasteiger partial charge in [0.05, 0.1) is 31.8 Å². The third-order valence-corrected chi connectivity index (χ3v) is 8.25. The Hall–Kier alpha value is -2.24. The number of para-hydroxylation sites is 1. The van der Waals surface area contributed by atoms with Crippen molar-refractivity contribution < 1.29 is 32.2 Å². The van der Waals surface area contributed by atoms with Crippen molar-refractivity contribution in [2.45, 2.75) is 19.3 Å². The van der Waals surface area contributed by atoms with Crippen molar-refractivity contribution in [3.05, 3.63) is 90.0 Å². The molecule has 0 aliphatic carbocycles. The van der Waals surface area contributed by atoms with E-state index in [1.807, 2.05) is 66.7 Å². The second kappa shape index (κ2) is 10.4. The number of hydrogen-bond acceptors (Lipinski definition) is 7. The fourth-order valence-corrected chi connectivity index (χ4v) is 6.28. The Kier molecular flexibility index (Phi) is 7.26. The Balaban J connectivity index is 1.12. The van der Waals surface area contributed by atoms with Crippen molar-refractivity contribution in [2.75, 3.05) is 26.4 Å². The fourth-order valence-electron chi connectivity index (χ4n) is 3.82. The minimum atomic E-state index is -1.50. The zero-order valence-electron chi connectivity index (χ0n) is 19.6. The van der Waals surface area contributed by atoms with Gasteiger partial charge in [-0.15, -0.1) is 0 Å². The summed E-state index contributed by atoms with van der Waals surface area (Å²) >= 11 is 0. The summed E-state index contributed by atoms with van der Waals surface area (Å²) in [6, 6.07) is 24.7. The third kappa shape index (κ3) is 5.78. The SMILES string of the molecule is CC(C)(c1ccc(O)cc1)c1ccc(OP2OCC3(COP(Oc4ccccc4)OC3)CO2)cc1. The van der Waals surface area contributed by atoms with Gasteiger partial charge in [-0.3, -0.25) is 0 Å². The summed E-state index contributed by atoms with van der Waals surface area (Å²) in [6.45, 7) is 6.04. The Labute approximate surface area is 207 Å². The van der Waals surface area contributed by atoms with Gasteiger partial charge in [0, 0.05) is 5.41 Å². The normalized spacial score (nSPS) is 24.7. The third-order valence-electron chi connectivity index (χ3n) is 6.17. The van der Waals surface area contributed by atoms with E-state index in [0.29, 0.717) is 32.2 Å². The summed E-state index contributed by atoms with van der Waals surface area (Å²) < 4.78 is 35.2. The van der Waals surface area contributed by atoms with E-state index >= 15 is 0 Å². The molecule has 0 bridgehead atoms. The molecule has 5 rings (SSSR count). The first-order chi connectivity index (χ1) is 16.9. The first-order valence-electron chi connectivity index (χ1n) is 11.3. The highest BCUT2D eigenvalue weighted by Crippen LogP contribution is 2.53. The lowest BCUT2D eigenvalue weighted by atomic mass is 9.78. The summed E-state index contributed by atoms with van der Waals surface area (Å²) in [4.78, 5) is 0. The topological polar surface area (TPSA) is 75.6 Å². The van der Waals surface area contributed by atoms with Crippen molar-refractivity contribution in [3.63, 3.8) is 0 Å². The quantitative estimate of drug-likeness (QED) is 0.367. The van der Waals surface area contributed by atoms with Crippen LogP contribution in [-0.2, 0) is 23.5 Å². The molecule has 2 aliphatic heterocycles. The number of hydrogen-bond donors (Lipinski definition) is 1. The van der Waals surface area contributed by atoms with Crippen LogP contribution in [0.3, 0.4) is 0 Å². The van der Waals surface area contributed by atoms with Crippen molar-refractivity contribution in [2.24, 2.45) is 5.41 Å². The minimum absolute atomic E-state index is 0.216. The van der Waals surface area contributed by atoms with Gasteiger partial charge < -0.3 is 32.2 Å². The monoisotopic (exact) mass is 514 g/mol. The molecule has 35 heavy (non-hydrogen) atoms. The predicted octanol–water partition coefficient (Wildman–Crippen LogP) is 6.71. The average molecular weight is 514 g/mol. The number of phenols is 1. The van der Waals surface area contributed by atoms with Gasteiger partial charge in [-0.1, -0.05) is 56.3 Å². The lowest BCUT2D eigenvalue weighted by Crippen LogP contribution is -2.45. The molecule has 2 fully saturated rings. The van der Waals surface area contributed by atoms with E-state index in [9.17, 15) is 5.11 Å². The van der Waals surface area contributed by atoms with E-state index < -0.39 is 17.2 Å². The largest absolute Gasteiger partial charge is 0.508 e. The van der Waals surface area contributed by atoms with Gasteiger partial charge in [0.1, 0.15) is 17.2 Å². The molecular formula is C26H28O7P2. The first-order valence-corrected chi connectivity index (χ1v) is 13.5. The zero-order valence-corrected chi connectivity index (χ0v) is 21.4. The second-order valence-electron chi connectivity index (χ2n) is 9.23. The van der Waals surface area contributed by atoms with Crippen LogP contribution >= 0.6 is 17.2 Å². The van der Waals surface area contributed by atoms with Gasteiger partial charge in [0.2, 0.25) is 0 Å². The number of rotatable bonds is 6. The van der Waals surface area contributed by atoms with Crippen LogP contribution in [-0.4, -0.2) is 31.5 Å². The van der Waals surface area contributed by atoms with Gasteiger partial charge in [-0.2, -0.15) is 0 Å². The van der Waals surface area contributed by atoms with E-state index in [1.165, 1.54) is 0 Å². The Morgan fingerprint density at radius 2 is 1.09 bits per heavy atom. The molecule has 0 atom stereocenters. The standard InChI is InChI=1S/C26H28O7P2/c1-25(2,20-8-12-22(27)13-9-20)21-10-14-24(15-11-21)33-35-30-18-26(19-31-35)16-28-34(29-17-26)32-23-6-4-3-5-7-23/h3-15,27H,16-19H2,1-2H3.